The number of aromatic nitrogens is 2. The minimum atomic E-state index is -0.307. The molecule has 2 amide bonds. The van der Waals surface area contributed by atoms with Crippen molar-refractivity contribution in [3.05, 3.63) is 51.4 Å². The van der Waals surface area contributed by atoms with Crippen molar-refractivity contribution in [2.24, 2.45) is 5.92 Å². The second kappa shape index (κ2) is 7.79. The molecule has 1 aliphatic rings. The van der Waals surface area contributed by atoms with Gasteiger partial charge >= 0.3 is 0 Å². The summed E-state index contributed by atoms with van der Waals surface area (Å²) < 4.78 is 1.37. The second-order valence-corrected chi connectivity index (χ2v) is 8.60. The third-order valence-corrected chi connectivity index (χ3v) is 6.25. The molecule has 2 N–H and O–H groups in total. The summed E-state index contributed by atoms with van der Waals surface area (Å²) in [4.78, 5) is 42.9. The summed E-state index contributed by atoms with van der Waals surface area (Å²) in [5.74, 6) is 0.160. The Morgan fingerprint density at radius 2 is 1.90 bits per heavy atom. The highest BCUT2D eigenvalue weighted by Gasteiger charge is 2.23. The van der Waals surface area contributed by atoms with Crippen LogP contribution in [-0.4, -0.2) is 21.4 Å². The van der Waals surface area contributed by atoms with Crippen LogP contribution in [0.5, 0.6) is 0 Å². The van der Waals surface area contributed by atoms with Crippen LogP contribution in [0.2, 0.25) is 0 Å². The van der Waals surface area contributed by atoms with Crippen LogP contribution in [0.4, 0.5) is 11.4 Å². The van der Waals surface area contributed by atoms with Gasteiger partial charge in [-0.3, -0.25) is 19.0 Å². The molecule has 0 radical (unpaired) electrons. The number of hydrogen-bond donors (Lipinski definition) is 2. The Bertz CT molecular complexity index is 1150. The molecule has 0 saturated heterocycles. The Kier molecular flexibility index (Phi) is 5.19. The van der Waals surface area contributed by atoms with Crippen molar-refractivity contribution >= 4 is 44.7 Å². The van der Waals surface area contributed by atoms with Crippen molar-refractivity contribution in [2.45, 2.75) is 39.7 Å². The maximum absolute atomic E-state index is 13.0. The molecule has 0 spiro atoms. The summed E-state index contributed by atoms with van der Waals surface area (Å²) in [5, 5.41) is 6.11. The van der Waals surface area contributed by atoms with Gasteiger partial charge in [-0.2, -0.15) is 0 Å². The smallest absolute Gasteiger partial charge is 0.262 e. The van der Waals surface area contributed by atoms with E-state index in [0.717, 1.165) is 29.7 Å². The van der Waals surface area contributed by atoms with Gasteiger partial charge in [-0.15, -0.1) is 11.3 Å². The van der Waals surface area contributed by atoms with Crippen molar-refractivity contribution in [3.63, 3.8) is 0 Å². The number of hydrogen-bond acceptors (Lipinski definition) is 5. The highest BCUT2D eigenvalue weighted by Crippen LogP contribution is 2.35. The molecule has 1 aromatic carbocycles. The SMILES string of the molecule is CC(=O)Nc1ccc(NC(=O)Cn2cnc3sc4c(c3c2=O)CC[C@@H](C)C4)cc1. The van der Waals surface area contributed by atoms with Gasteiger partial charge in [0.15, 0.2) is 0 Å². The Morgan fingerprint density at radius 3 is 2.59 bits per heavy atom. The van der Waals surface area contributed by atoms with Crippen LogP contribution in [0.3, 0.4) is 0 Å². The van der Waals surface area contributed by atoms with E-state index < -0.39 is 0 Å². The zero-order valence-corrected chi connectivity index (χ0v) is 17.1. The average molecular weight is 410 g/mol. The van der Waals surface area contributed by atoms with Gasteiger partial charge in [0.05, 0.1) is 11.7 Å². The molecule has 2 aromatic heterocycles. The van der Waals surface area contributed by atoms with Gasteiger partial charge in [0.25, 0.3) is 5.56 Å². The molecular weight excluding hydrogens is 388 g/mol. The molecule has 150 valence electrons. The fourth-order valence-corrected chi connectivity index (χ4v) is 5.02. The molecule has 2 heterocycles. The van der Waals surface area contributed by atoms with E-state index in [2.05, 4.69) is 22.5 Å². The van der Waals surface area contributed by atoms with E-state index in [9.17, 15) is 14.4 Å². The Hall–Kier alpha value is -3.00. The molecule has 0 unspecified atom stereocenters. The lowest BCUT2D eigenvalue weighted by molar-refractivity contribution is -0.117. The molecule has 0 fully saturated rings. The lowest BCUT2D eigenvalue weighted by atomic mass is 9.89. The van der Waals surface area contributed by atoms with Crippen molar-refractivity contribution in [2.75, 3.05) is 10.6 Å². The zero-order chi connectivity index (χ0) is 20.5. The number of fused-ring (bicyclic) bond motifs is 3. The number of amides is 2. The van der Waals surface area contributed by atoms with Gasteiger partial charge in [0.2, 0.25) is 11.8 Å². The topological polar surface area (TPSA) is 93.1 Å². The highest BCUT2D eigenvalue weighted by molar-refractivity contribution is 7.18. The molecule has 1 atom stereocenters. The lowest BCUT2D eigenvalue weighted by Crippen LogP contribution is -2.28. The third kappa shape index (κ3) is 4.07. The van der Waals surface area contributed by atoms with Crippen LogP contribution in [0.15, 0.2) is 35.4 Å². The minimum absolute atomic E-state index is 0.101. The van der Waals surface area contributed by atoms with Gasteiger partial charge in [0.1, 0.15) is 11.4 Å². The van der Waals surface area contributed by atoms with Crippen LogP contribution in [0.1, 0.15) is 30.7 Å². The van der Waals surface area contributed by atoms with Gasteiger partial charge in [-0.25, -0.2) is 4.98 Å². The highest BCUT2D eigenvalue weighted by atomic mass is 32.1. The summed E-state index contributed by atoms with van der Waals surface area (Å²) in [6.45, 7) is 3.56. The van der Waals surface area contributed by atoms with Crippen LogP contribution in [-0.2, 0) is 29.0 Å². The van der Waals surface area contributed by atoms with Crippen LogP contribution in [0.25, 0.3) is 10.2 Å². The molecule has 0 aliphatic heterocycles. The number of anilines is 2. The zero-order valence-electron chi connectivity index (χ0n) is 16.3. The average Bonchev–Trinajstić information content (AvgIpc) is 3.03. The third-order valence-electron chi connectivity index (χ3n) is 5.09. The summed E-state index contributed by atoms with van der Waals surface area (Å²) in [7, 11) is 0. The molecule has 7 nitrogen and oxygen atoms in total. The number of nitrogens with zero attached hydrogens (tertiary/aromatic N) is 2. The molecule has 1 aliphatic carbocycles. The number of aryl methyl sites for hydroxylation is 1. The van der Waals surface area contributed by atoms with Gasteiger partial charge in [0, 0.05) is 23.2 Å². The van der Waals surface area contributed by atoms with E-state index in [1.807, 2.05) is 0 Å². The van der Waals surface area contributed by atoms with Gasteiger partial charge in [-0.1, -0.05) is 6.92 Å². The number of rotatable bonds is 4. The molecular formula is C21H22N4O3S. The fourth-order valence-electron chi connectivity index (χ4n) is 3.67. The maximum Gasteiger partial charge on any atom is 0.262 e. The normalized spacial score (nSPS) is 15.7. The van der Waals surface area contributed by atoms with Crippen molar-refractivity contribution in [1.29, 1.82) is 0 Å². The Balaban J connectivity index is 1.52. The minimum Gasteiger partial charge on any atom is -0.326 e. The van der Waals surface area contributed by atoms with Gasteiger partial charge in [-0.05, 0) is 55.0 Å². The number of thiophene rings is 1. The van der Waals surface area contributed by atoms with E-state index in [0.29, 0.717) is 22.7 Å². The lowest BCUT2D eigenvalue weighted by Gasteiger charge is -2.17. The largest absolute Gasteiger partial charge is 0.326 e. The van der Waals surface area contributed by atoms with E-state index >= 15 is 0 Å². The van der Waals surface area contributed by atoms with E-state index in [1.165, 1.54) is 22.7 Å². The first-order valence-electron chi connectivity index (χ1n) is 9.58. The van der Waals surface area contributed by atoms with Crippen LogP contribution >= 0.6 is 11.3 Å². The number of carbonyl (C=O) groups is 2. The quantitative estimate of drug-likeness (QED) is 0.691. The van der Waals surface area contributed by atoms with Crippen molar-refractivity contribution < 1.29 is 9.59 Å². The predicted octanol–water partition coefficient (Wildman–Crippen LogP) is 3.18. The molecule has 0 saturated carbocycles. The summed E-state index contributed by atoms with van der Waals surface area (Å²) in [6, 6.07) is 6.80. The standard InChI is InChI=1S/C21H22N4O3S/c1-12-3-8-16-17(9-12)29-20-19(16)21(28)25(11-22-20)10-18(27)24-15-6-4-14(5-7-15)23-13(2)26/h4-7,11-12H,3,8-10H2,1-2H3,(H,23,26)(H,24,27)/t12-/m1/s1. The molecule has 4 rings (SSSR count). The number of carbonyl (C=O) groups excluding carboxylic acids is 2. The maximum atomic E-state index is 13.0. The molecule has 8 heteroatoms. The number of nitrogens with one attached hydrogen (secondary N) is 2. The van der Waals surface area contributed by atoms with Crippen molar-refractivity contribution in [1.82, 2.24) is 9.55 Å². The van der Waals surface area contributed by atoms with E-state index in [1.54, 1.807) is 35.6 Å². The monoisotopic (exact) mass is 410 g/mol. The van der Waals surface area contributed by atoms with Gasteiger partial charge < -0.3 is 10.6 Å². The van der Waals surface area contributed by atoms with E-state index in [-0.39, 0.29) is 23.9 Å². The first kappa shape index (κ1) is 19.3. The van der Waals surface area contributed by atoms with Crippen molar-refractivity contribution in [3.8, 4) is 0 Å². The summed E-state index contributed by atoms with van der Waals surface area (Å²) in [6.07, 6.45) is 4.41. The Labute approximate surface area is 171 Å². The molecule has 3 aromatic rings. The Morgan fingerprint density at radius 1 is 1.21 bits per heavy atom. The molecule has 29 heavy (non-hydrogen) atoms. The first-order valence-corrected chi connectivity index (χ1v) is 10.4. The fraction of sp³-hybridized carbons (Fsp3) is 0.333. The van der Waals surface area contributed by atoms with Crippen LogP contribution in [0, 0.1) is 5.92 Å². The first-order chi connectivity index (χ1) is 13.9. The van der Waals surface area contributed by atoms with Crippen LogP contribution < -0.4 is 16.2 Å². The second-order valence-electron chi connectivity index (χ2n) is 7.52. The predicted molar refractivity (Wildman–Crippen MR) is 114 cm³/mol. The van der Waals surface area contributed by atoms with E-state index in [4.69, 9.17) is 0 Å². The number of benzene rings is 1. The summed E-state index contributed by atoms with van der Waals surface area (Å²) in [5.41, 5.74) is 2.20. The summed E-state index contributed by atoms with van der Waals surface area (Å²) >= 11 is 1.60. The molecule has 0 bridgehead atoms.